The molecular formula is C17H20N8O4. The average Bonchev–Trinajstić information content (AvgIpc) is 3.34. The first-order valence-electron chi connectivity index (χ1n) is 8.98. The number of hydrogen-bond acceptors (Lipinski definition) is 6. The molecule has 0 amide bonds. The van der Waals surface area contributed by atoms with Crippen LogP contribution in [0.1, 0.15) is 30.9 Å². The molecule has 2 N–H and O–H groups in total. The Labute approximate surface area is 162 Å². The number of H-pyrrole nitrogens is 2. The van der Waals surface area contributed by atoms with Gasteiger partial charge in [0.1, 0.15) is 22.7 Å². The molecule has 0 aliphatic carbocycles. The second kappa shape index (κ2) is 6.15. The highest BCUT2D eigenvalue weighted by atomic mass is 16.2. The molecule has 29 heavy (non-hydrogen) atoms. The van der Waals surface area contributed by atoms with Crippen LogP contribution in [-0.2, 0) is 28.2 Å². The quantitative estimate of drug-likeness (QED) is 0.441. The van der Waals surface area contributed by atoms with Crippen LogP contribution in [0.25, 0.3) is 22.3 Å². The highest BCUT2D eigenvalue weighted by Crippen LogP contribution is 2.25. The second-order valence-corrected chi connectivity index (χ2v) is 7.01. The van der Waals surface area contributed by atoms with Gasteiger partial charge in [-0.15, -0.1) is 0 Å². The highest BCUT2D eigenvalue weighted by molar-refractivity contribution is 5.71. The van der Waals surface area contributed by atoms with Gasteiger partial charge in [-0.05, 0) is 6.42 Å². The molecule has 12 heteroatoms. The first kappa shape index (κ1) is 18.7. The molecule has 4 aromatic heterocycles. The molecule has 4 rings (SSSR count). The van der Waals surface area contributed by atoms with Gasteiger partial charge in [0.05, 0.1) is 5.92 Å². The molecule has 0 unspecified atom stereocenters. The summed E-state index contributed by atoms with van der Waals surface area (Å²) in [5.41, 5.74) is -0.997. The molecule has 0 bridgehead atoms. The minimum atomic E-state index is -0.476. The summed E-state index contributed by atoms with van der Waals surface area (Å²) >= 11 is 0. The topological polar surface area (TPSA) is 145 Å². The van der Waals surface area contributed by atoms with Crippen molar-refractivity contribution >= 4 is 22.3 Å². The lowest BCUT2D eigenvalue weighted by Crippen LogP contribution is -2.36. The Hall–Kier alpha value is -3.70. The zero-order valence-electron chi connectivity index (χ0n) is 16.6. The Morgan fingerprint density at radius 2 is 1.10 bits per heavy atom. The Kier molecular flexibility index (Phi) is 3.96. The fraction of sp³-hybridized carbons (Fsp3) is 0.412. The molecular weight excluding hydrogens is 380 g/mol. The van der Waals surface area contributed by atoms with E-state index >= 15 is 0 Å². The number of nitrogens with zero attached hydrogens (tertiary/aromatic N) is 6. The number of nitrogens with one attached hydrogen (secondary N) is 2. The summed E-state index contributed by atoms with van der Waals surface area (Å²) in [6.07, 6.45) is 0.544. The molecule has 12 nitrogen and oxygen atoms in total. The fourth-order valence-electron chi connectivity index (χ4n) is 3.53. The largest absolute Gasteiger partial charge is 0.335 e. The molecule has 0 fully saturated rings. The fourth-order valence-corrected chi connectivity index (χ4v) is 3.53. The predicted molar refractivity (Wildman–Crippen MR) is 105 cm³/mol. The van der Waals surface area contributed by atoms with E-state index in [2.05, 4.69) is 19.9 Å². The number of aromatic nitrogens is 8. The minimum absolute atomic E-state index is 0.211. The first-order valence-corrected chi connectivity index (χ1v) is 8.98. The summed E-state index contributed by atoms with van der Waals surface area (Å²) in [7, 11) is 5.88. The average molecular weight is 400 g/mol. The van der Waals surface area contributed by atoms with Crippen LogP contribution in [0.3, 0.4) is 0 Å². The molecule has 0 aliphatic rings. The van der Waals surface area contributed by atoms with Crippen molar-refractivity contribution in [2.75, 3.05) is 0 Å². The third-order valence-corrected chi connectivity index (χ3v) is 5.29. The van der Waals surface area contributed by atoms with Crippen molar-refractivity contribution in [1.29, 1.82) is 0 Å². The molecule has 0 radical (unpaired) electrons. The van der Waals surface area contributed by atoms with E-state index in [1.54, 1.807) is 0 Å². The van der Waals surface area contributed by atoms with Crippen molar-refractivity contribution in [3.8, 4) is 0 Å². The number of aryl methyl sites for hydroxylation is 2. The van der Waals surface area contributed by atoms with Gasteiger partial charge in [0, 0.05) is 28.2 Å². The van der Waals surface area contributed by atoms with Crippen molar-refractivity contribution in [2.24, 2.45) is 28.2 Å². The van der Waals surface area contributed by atoms with Crippen molar-refractivity contribution in [1.82, 2.24) is 38.2 Å². The number of aromatic amines is 2. The van der Waals surface area contributed by atoms with Crippen LogP contribution in [0.15, 0.2) is 19.2 Å². The zero-order valence-corrected chi connectivity index (χ0v) is 16.6. The van der Waals surface area contributed by atoms with Gasteiger partial charge in [0.2, 0.25) is 0 Å². The molecule has 152 valence electrons. The number of rotatable bonds is 3. The highest BCUT2D eigenvalue weighted by Gasteiger charge is 2.24. The SMILES string of the molecule is CCC(c1nc2c([nH]1)c(=O)n(C)c(=O)n2C)c1nc2c([nH]1)c(=O)n(C)c(=O)n2C. The summed E-state index contributed by atoms with van der Waals surface area (Å²) in [6.45, 7) is 1.90. The molecule has 4 aromatic rings. The van der Waals surface area contributed by atoms with E-state index in [1.807, 2.05) is 6.92 Å². The first-order chi connectivity index (χ1) is 13.7. The minimum Gasteiger partial charge on any atom is -0.335 e. The van der Waals surface area contributed by atoms with Gasteiger partial charge in [-0.25, -0.2) is 19.6 Å². The summed E-state index contributed by atoms with van der Waals surface area (Å²) in [6, 6.07) is 0. The number of fused-ring (bicyclic) bond motifs is 2. The van der Waals surface area contributed by atoms with E-state index in [1.165, 1.54) is 37.3 Å². The van der Waals surface area contributed by atoms with Crippen LogP contribution < -0.4 is 22.5 Å². The van der Waals surface area contributed by atoms with E-state index in [0.29, 0.717) is 18.1 Å². The Morgan fingerprint density at radius 3 is 1.45 bits per heavy atom. The Bertz CT molecular complexity index is 1410. The monoisotopic (exact) mass is 400 g/mol. The lowest BCUT2D eigenvalue weighted by atomic mass is 10.1. The Balaban J connectivity index is 1.98. The van der Waals surface area contributed by atoms with Crippen molar-refractivity contribution < 1.29 is 0 Å². The normalized spacial score (nSPS) is 11.9. The summed E-state index contributed by atoms with van der Waals surface area (Å²) in [4.78, 5) is 64.1. The van der Waals surface area contributed by atoms with E-state index in [0.717, 1.165) is 9.13 Å². The molecule has 0 saturated heterocycles. The summed E-state index contributed by atoms with van der Waals surface area (Å²) in [5.74, 6) is 0.456. The van der Waals surface area contributed by atoms with E-state index in [4.69, 9.17) is 0 Å². The van der Waals surface area contributed by atoms with Crippen molar-refractivity contribution in [3.05, 3.63) is 53.3 Å². The van der Waals surface area contributed by atoms with Crippen molar-refractivity contribution in [2.45, 2.75) is 19.3 Å². The van der Waals surface area contributed by atoms with Gasteiger partial charge in [-0.3, -0.25) is 27.9 Å². The maximum absolute atomic E-state index is 12.4. The summed E-state index contributed by atoms with van der Waals surface area (Å²) in [5, 5.41) is 0. The maximum Gasteiger partial charge on any atom is 0.332 e. The van der Waals surface area contributed by atoms with Crippen LogP contribution in [0.4, 0.5) is 0 Å². The van der Waals surface area contributed by atoms with Crippen LogP contribution >= 0.6 is 0 Å². The van der Waals surface area contributed by atoms with Gasteiger partial charge < -0.3 is 9.97 Å². The molecule has 0 aliphatic heterocycles. The van der Waals surface area contributed by atoms with Gasteiger partial charge in [0.25, 0.3) is 11.1 Å². The van der Waals surface area contributed by atoms with E-state index in [9.17, 15) is 19.2 Å². The molecule has 0 spiro atoms. The van der Waals surface area contributed by atoms with Crippen molar-refractivity contribution in [3.63, 3.8) is 0 Å². The van der Waals surface area contributed by atoms with Gasteiger partial charge in [-0.1, -0.05) is 6.92 Å². The molecule has 4 heterocycles. The maximum atomic E-state index is 12.4. The smallest absolute Gasteiger partial charge is 0.332 e. The van der Waals surface area contributed by atoms with Gasteiger partial charge in [0.15, 0.2) is 11.3 Å². The van der Waals surface area contributed by atoms with Crippen LogP contribution in [0, 0.1) is 0 Å². The Morgan fingerprint density at radius 1 is 0.724 bits per heavy atom. The third-order valence-electron chi connectivity index (χ3n) is 5.29. The number of imidazole rings is 2. The van der Waals surface area contributed by atoms with E-state index < -0.39 is 28.4 Å². The van der Waals surface area contributed by atoms with Crippen LogP contribution in [0.5, 0.6) is 0 Å². The molecule has 0 saturated carbocycles. The predicted octanol–water partition coefficient (Wildman–Crippen LogP) is -1.22. The third kappa shape index (κ3) is 2.45. The van der Waals surface area contributed by atoms with Crippen LogP contribution in [0.2, 0.25) is 0 Å². The standard InChI is InChI=1S/C17H20N8O4/c1-6-7(10-18-8-12(20-10)22(2)16(28)24(4)14(8)26)11-19-9-13(21-11)23(3)17(29)25(5)15(9)27/h7H,6H2,1-5H3,(H,18,20)(H,19,21). The second-order valence-electron chi connectivity index (χ2n) is 7.01. The van der Waals surface area contributed by atoms with Gasteiger partial charge >= 0.3 is 11.4 Å². The van der Waals surface area contributed by atoms with Gasteiger partial charge in [-0.2, -0.15) is 0 Å². The summed E-state index contributed by atoms with van der Waals surface area (Å²) < 4.78 is 4.60. The zero-order chi connectivity index (χ0) is 21.2. The molecule has 0 atom stereocenters. The molecule has 0 aromatic carbocycles. The lowest BCUT2D eigenvalue weighted by molar-refractivity contribution is 0.688. The lowest BCUT2D eigenvalue weighted by Gasteiger charge is -2.08. The van der Waals surface area contributed by atoms with E-state index in [-0.39, 0.29) is 22.3 Å². The number of hydrogen-bond donors (Lipinski definition) is 2. The van der Waals surface area contributed by atoms with Crippen LogP contribution in [-0.4, -0.2) is 38.2 Å².